The lowest BCUT2D eigenvalue weighted by molar-refractivity contribution is 1.24. The molecule has 0 unspecified atom stereocenters. The molecule has 0 aliphatic heterocycles. The Morgan fingerprint density at radius 1 is 0.531 bits per heavy atom. The molecule has 0 aliphatic carbocycles. The molecular weight excluding hydrogens is 408 g/mol. The van der Waals surface area contributed by atoms with Crippen molar-refractivity contribution in [3.8, 4) is 33.8 Å². The van der Waals surface area contributed by atoms with E-state index in [0.29, 0.717) is 0 Å². The number of nitrogens with zero attached hydrogens (tertiary/aromatic N) is 2. The third-order valence-electron chi connectivity index (χ3n) is 5.83. The lowest BCUT2D eigenvalue weighted by Gasteiger charge is -2.08. The number of aromatic nitrogens is 2. The fraction of sp³-hybridized carbons (Fsp3) is 0.0345. The predicted octanol–water partition coefficient (Wildman–Crippen LogP) is 8.15. The van der Waals surface area contributed by atoms with Gasteiger partial charge in [-0.05, 0) is 23.6 Å². The van der Waals surface area contributed by atoms with E-state index in [2.05, 4.69) is 85.8 Å². The molecule has 3 heteroatoms. The molecule has 0 saturated carbocycles. The van der Waals surface area contributed by atoms with Crippen LogP contribution in [0.25, 0.3) is 54.1 Å². The highest BCUT2D eigenvalue weighted by Crippen LogP contribution is 2.40. The van der Waals surface area contributed by atoms with Crippen LogP contribution in [0.1, 0.15) is 5.56 Å². The Balaban J connectivity index is 1.60. The van der Waals surface area contributed by atoms with Gasteiger partial charge in [-0.15, -0.1) is 11.3 Å². The number of hydrogen-bond acceptors (Lipinski definition) is 3. The van der Waals surface area contributed by atoms with Gasteiger partial charge in [0.05, 0.1) is 15.9 Å². The molecule has 0 N–H and O–H groups in total. The maximum atomic E-state index is 5.07. The van der Waals surface area contributed by atoms with Crippen molar-refractivity contribution in [3.05, 3.63) is 109 Å². The van der Waals surface area contributed by atoms with Crippen molar-refractivity contribution < 1.29 is 0 Å². The summed E-state index contributed by atoms with van der Waals surface area (Å²) in [4.78, 5) is 10.1. The molecule has 152 valence electrons. The Morgan fingerprint density at radius 2 is 1.16 bits per heavy atom. The molecule has 4 aromatic carbocycles. The first kappa shape index (κ1) is 18.9. The fourth-order valence-electron chi connectivity index (χ4n) is 4.17. The highest BCUT2D eigenvalue weighted by Gasteiger charge is 2.17. The molecule has 6 rings (SSSR count). The molecule has 2 aromatic heterocycles. The second kappa shape index (κ2) is 7.70. The average Bonchev–Trinajstić information content (AvgIpc) is 3.25. The van der Waals surface area contributed by atoms with Crippen LogP contribution in [0.15, 0.2) is 103 Å². The van der Waals surface area contributed by atoms with Crippen LogP contribution in [-0.4, -0.2) is 9.97 Å². The maximum Gasteiger partial charge on any atom is 0.160 e. The van der Waals surface area contributed by atoms with Crippen molar-refractivity contribution in [1.82, 2.24) is 9.97 Å². The molecule has 0 spiro atoms. The van der Waals surface area contributed by atoms with Crippen LogP contribution in [-0.2, 0) is 0 Å². The number of thiophene rings is 1. The normalized spacial score (nSPS) is 11.3. The van der Waals surface area contributed by atoms with E-state index in [1.807, 2.05) is 24.3 Å². The van der Waals surface area contributed by atoms with Crippen LogP contribution >= 0.6 is 11.3 Å². The van der Waals surface area contributed by atoms with Crippen molar-refractivity contribution in [2.24, 2.45) is 0 Å². The maximum absolute atomic E-state index is 5.07. The zero-order valence-electron chi connectivity index (χ0n) is 17.6. The van der Waals surface area contributed by atoms with Gasteiger partial charge in [0.1, 0.15) is 0 Å². The first-order valence-corrected chi connectivity index (χ1v) is 11.5. The van der Waals surface area contributed by atoms with E-state index < -0.39 is 0 Å². The van der Waals surface area contributed by atoms with Gasteiger partial charge in [0.2, 0.25) is 0 Å². The number of aryl methyl sites for hydroxylation is 1. The Kier molecular flexibility index (Phi) is 4.55. The molecule has 0 saturated heterocycles. The van der Waals surface area contributed by atoms with Crippen LogP contribution in [0.5, 0.6) is 0 Å². The summed E-state index contributed by atoms with van der Waals surface area (Å²) in [6, 6.07) is 35.9. The number of benzene rings is 4. The van der Waals surface area contributed by atoms with Crippen LogP contribution in [0.2, 0.25) is 0 Å². The Morgan fingerprint density at radius 3 is 1.88 bits per heavy atom. The molecule has 0 amide bonds. The summed E-state index contributed by atoms with van der Waals surface area (Å²) in [5.41, 5.74) is 7.86. The Labute approximate surface area is 190 Å². The monoisotopic (exact) mass is 428 g/mol. The largest absolute Gasteiger partial charge is 0.226 e. The zero-order valence-corrected chi connectivity index (χ0v) is 18.4. The number of rotatable bonds is 3. The van der Waals surface area contributed by atoms with Crippen molar-refractivity contribution >= 4 is 31.6 Å². The lowest BCUT2D eigenvalue weighted by Crippen LogP contribution is -1.93. The van der Waals surface area contributed by atoms with E-state index in [1.165, 1.54) is 26.8 Å². The third kappa shape index (κ3) is 3.19. The van der Waals surface area contributed by atoms with Gasteiger partial charge in [-0.1, -0.05) is 103 Å². The molecule has 2 nitrogen and oxygen atoms in total. The van der Waals surface area contributed by atoms with Crippen LogP contribution in [0, 0.1) is 6.92 Å². The van der Waals surface area contributed by atoms with Crippen molar-refractivity contribution in [2.75, 3.05) is 0 Å². The summed E-state index contributed by atoms with van der Waals surface area (Å²) in [5.74, 6) is 0.765. The summed E-state index contributed by atoms with van der Waals surface area (Å²) in [5, 5.41) is 1.20. The standard InChI is InChI=1S/C29H20N2S/c1-19-9-8-14-24-26-28(32-27(19)24)25(30-29(31-26)23-12-6-3-7-13-23)22-17-15-21(16-18-22)20-10-4-2-5-11-20/h2-18H,1H3. The molecule has 0 radical (unpaired) electrons. The summed E-state index contributed by atoms with van der Waals surface area (Å²) >= 11 is 1.79. The summed E-state index contributed by atoms with van der Waals surface area (Å²) in [6.45, 7) is 2.16. The lowest BCUT2D eigenvalue weighted by atomic mass is 10.0. The van der Waals surface area contributed by atoms with Gasteiger partial charge < -0.3 is 0 Å². The van der Waals surface area contributed by atoms with Crippen molar-refractivity contribution in [2.45, 2.75) is 6.92 Å². The van der Waals surface area contributed by atoms with E-state index in [-0.39, 0.29) is 0 Å². The Hall–Kier alpha value is -3.82. The third-order valence-corrected chi connectivity index (χ3v) is 7.17. The first-order valence-electron chi connectivity index (χ1n) is 10.7. The highest BCUT2D eigenvalue weighted by molar-refractivity contribution is 7.26. The minimum absolute atomic E-state index is 0.765. The van der Waals surface area contributed by atoms with Crippen molar-refractivity contribution in [3.63, 3.8) is 0 Å². The number of fused-ring (bicyclic) bond motifs is 3. The van der Waals surface area contributed by atoms with Gasteiger partial charge in [0.15, 0.2) is 5.82 Å². The van der Waals surface area contributed by atoms with Gasteiger partial charge >= 0.3 is 0 Å². The van der Waals surface area contributed by atoms with Gasteiger partial charge in [-0.3, -0.25) is 0 Å². The van der Waals surface area contributed by atoms with Crippen LogP contribution in [0.3, 0.4) is 0 Å². The topological polar surface area (TPSA) is 25.8 Å². The molecular formula is C29H20N2S. The molecule has 0 atom stereocenters. The molecule has 6 aromatic rings. The molecule has 0 fully saturated rings. The predicted molar refractivity (Wildman–Crippen MR) is 136 cm³/mol. The van der Waals surface area contributed by atoms with Gasteiger partial charge in [-0.2, -0.15) is 0 Å². The Bertz CT molecular complexity index is 1550. The molecule has 0 bridgehead atoms. The molecule has 0 aliphatic rings. The first-order chi connectivity index (χ1) is 15.8. The highest BCUT2D eigenvalue weighted by atomic mass is 32.1. The van der Waals surface area contributed by atoms with Crippen LogP contribution < -0.4 is 0 Å². The molecule has 32 heavy (non-hydrogen) atoms. The minimum atomic E-state index is 0.765. The van der Waals surface area contributed by atoms with Gasteiger partial charge in [0.25, 0.3) is 0 Å². The van der Waals surface area contributed by atoms with Gasteiger partial charge in [-0.25, -0.2) is 9.97 Å². The smallest absolute Gasteiger partial charge is 0.160 e. The SMILES string of the molecule is Cc1cccc2c1sc1c(-c3ccc(-c4ccccc4)cc3)nc(-c3ccccc3)nc12. The van der Waals surface area contributed by atoms with E-state index in [0.717, 1.165) is 32.9 Å². The zero-order chi connectivity index (χ0) is 21.5. The second-order valence-corrected chi connectivity index (χ2v) is 8.96. The average molecular weight is 429 g/mol. The van der Waals surface area contributed by atoms with Crippen molar-refractivity contribution in [1.29, 1.82) is 0 Å². The van der Waals surface area contributed by atoms with E-state index in [4.69, 9.17) is 9.97 Å². The second-order valence-electron chi connectivity index (χ2n) is 7.94. The van der Waals surface area contributed by atoms with E-state index >= 15 is 0 Å². The minimum Gasteiger partial charge on any atom is -0.226 e. The quantitative estimate of drug-likeness (QED) is 0.284. The fourth-order valence-corrected chi connectivity index (χ4v) is 5.39. The van der Waals surface area contributed by atoms with E-state index in [9.17, 15) is 0 Å². The number of hydrogen-bond donors (Lipinski definition) is 0. The van der Waals surface area contributed by atoms with Gasteiger partial charge in [0, 0.05) is 21.2 Å². The van der Waals surface area contributed by atoms with Crippen LogP contribution in [0.4, 0.5) is 0 Å². The summed E-state index contributed by atoms with van der Waals surface area (Å²) in [6.07, 6.45) is 0. The summed E-state index contributed by atoms with van der Waals surface area (Å²) in [7, 11) is 0. The summed E-state index contributed by atoms with van der Waals surface area (Å²) < 4.78 is 2.42. The molecule has 2 heterocycles. The van der Waals surface area contributed by atoms with E-state index in [1.54, 1.807) is 11.3 Å².